The van der Waals surface area contributed by atoms with Gasteiger partial charge in [-0.3, -0.25) is 5.01 Å². The number of amides is 2. The molecule has 0 aliphatic rings. The van der Waals surface area contributed by atoms with E-state index in [1.165, 1.54) is 11.1 Å². The molecular formula is C11H15BrFN3O. The van der Waals surface area contributed by atoms with Crippen molar-refractivity contribution in [2.75, 3.05) is 19.4 Å². The maximum atomic E-state index is 13.4. The van der Waals surface area contributed by atoms with Crippen molar-refractivity contribution in [3.8, 4) is 0 Å². The number of nitrogens with zero attached hydrogens (tertiary/aromatic N) is 1. The molecule has 0 fully saturated rings. The second-order valence-electron chi connectivity index (χ2n) is 3.54. The SMILES string of the molecule is CNN(C)C(=O)Nc1ccc(F)c(C)c1CBr. The maximum absolute atomic E-state index is 13.4. The van der Waals surface area contributed by atoms with Gasteiger partial charge in [-0.1, -0.05) is 15.9 Å². The Labute approximate surface area is 108 Å². The second kappa shape index (κ2) is 5.97. The van der Waals surface area contributed by atoms with Gasteiger partial charge >= 0.3 is 6.03 Å². The third-order valence-corrected chi connectivity index (χ3v) is 3.11. The molecule has 6 heteroatoms. The van der Waals surface area contributed by atoms with E-state index >= 15 is 0 Å². The Hall–Kier alpha value is -1.14. The molecule has 2 amide bonds. The molecule has 0 saturated carbocycles. The first-order chi connectivity index (χ1) is 8.01. The van der Waals surface area contributed by atoms with E-state index in [2.05, 4.69) is 26.7 Å². The van der Waals surface area contributed by atoms with Gasteiger partial charge in [0.05, 0.1) is 0 Å². The Morgan fingerprint density at radius 1 is 1.53 bits per heavy atom. The molecular weight excluding hydrogens is 289 g/mol. The lowest BCUT2D eigenvalue weighted by Gasteiger charge is -2.18. The lowest BCUT2D eigenvalue weighted by Crippen LogP contribution is -2.40. The van der Waals surface area contributed by atoms with Gasteiger partial charge < -0.3 is 5.32 Å². The summed E-state index contributed by atoms with van der Waals surface area (Å²) in [5.74, 6) is -0.278. The molecule has 0 radical (unpaired) electrons. The number of hydrogen-bond acceptors (Lipinski definition) is 2. The van der Waals surface area contributed by atoms with Crippen LogP contribution in [0, 0.1) is 12.7 Å². The van der Waals surface area contributed by atoms with Gasteiger partial charge in [-0.15, -0.1) is 0 Å². The van der Waals surface area contributed by atoms with Crippen molar-refractivity contribution in [2.45, 2.75) is 12.3 Å². The molecule has 1 rings (SSSR count). The molecule has 94 valence electrons. The van der Waals surface area contributed by atoms with Crippen molar-refractivity contribution in [3.63, 3.8) is 0 Å². The summed E-state index contributed by atoms with van der Waals surface area (Å²) in [6, 6.07) is 2.59. The first-order valence-corrected chi connectivity index (χ1v) is 6.19. The lowest BCUT2D eigenvalue weighted by atomic mass is 10.1. The number of anilines is 1. The van der Waals surface area contributed by atoms with E-state index in [-0.39, 0.29) is 11.8 Å². The van der Waals surface area contributed by atoms with E-state index < -0.39 is 0 Å². The normalized spacial score (nSPS) is 10.2. The first-order valence-electron chi connectivity index (χ1n) is 5.07. The molecule has 0 spiro atoms. The predicted octanol–water partition coefficient (Wildman–Crippen LogP) is 2.63. The van der Waals surface area contributed by atoms with Gasteiger partial charge in [0.25, 0.3) is 0 Å². The zero-order chi connectivity index (χ0) is 13.0. The van der Waals surface area contributed by atoms with Gasteiger partial charge in [-0.2, -0.15) is 0 Å². The van der Waals surface area contributed by atoms with Crippen molar-refractivity contribution < 1.29 is 9.18 Å². The van der Waals surface area contributed by atoms with Gasteiger partial charge in [0.2, 0.25) is 0 Å². The number of alkyl halides is 1. The highest BCUT2D eigenvalue weighted by atomic mass is 79.9. The minimum atomic E-state index is -0.305. The Kier molecular flexibility index (Phi) is 4.89. The summed E-state index contributed by atoms with van der Waals surface area (Å²) in [5, 5.41) is 4.49. The number of halogens is 2. The van der Waals surface area contributed by atoms with E-state index in [0.29, 0.717) is 16.6 Å². The number of urea groups is 1. The summed E-state index contributed by atoms with van der Waals surface area (Å²) in [6.07, 6.45) is 0. The Morgan fingerprint density at radius 3 is 2.71 bits per heavy atom. The van der Waals surface area contributed by atoms with E-state index in [0.717, 1.165) is 5.56 Å². The molecule has 1 aromatic carbocycles. The molecule has 1 aromatic rings. The number of hydrogen-bond donors (Lipinski definition) is 2. The fraction of sp³-hybridized carbons (Fsp3) is 0.364. The van der Waals surface area contributed by atoms with Crippen molar-refractivity contribution in [1.29, 1.82) is 0 Å². The van der Waals surface area contributed by atoms with E-state index in [9.17, 15) is 9.18 Å². The molecule has 0 unspecified atom stereocenters. The van der Waals surface area contributed by atoms with Crippen LogP contribution < -0.4 is 10.7 Å². The summed E-state index contributed by atoms with van der Waals surface area (Å²) in [4.78, 5) is 11.7. The molecule has 2 N–H and O–H groups in total. The summed E-state index contributed by atoms with van der Waals surface area (Å²) in [6.45, 7) is 1.68. The minimum Gasteiger partial charge on any atom is -0.306 e. The van der Waals surface area contributed by atoms with Gasteiger partial charge in [0.15, 0.2) is 0 Å². The van der Waals surface area contributed by atoms with Gasteiger partial charge in [0.1, 0.15) is 5.82 Å². The maximum Gasteiger partial charge on any atom is 0.335 e. The van der Waals surface area contributed by atoms with Crippen LogP contribution in [0.5, 0.6) is 0 Å². The molecule has 0 aliphatic carbocycles. The second-order valence-corrected chi connectivity index (χ2v) is 4.11. The third kappa shape index (κ3) is 3.17. The highest BCUT2D eigenvalue weighted by Gasteiger charge is 2.13. The number of rotatable bonds is 3. The zero-order valence-electron chi connectivity index (χ0n) is 9.97. The third-order valence-electron chi connectivity index (χ3n) is 2.55. The predicted molar refractivity (Wildman–Crippen MR) is 69.6 cm³/mol. The zero-order valence-corrected chi connectivity index (χ0v) is 11.6. The number of nitrogens with one attached hydrogen (secondary N) is 2. The quantitative estimate of drug-likeness (QED) is 0.666. The number of benzene rings is 1. The highest BCUT2D eigenvalue weighted by Crippen LogP contribution is 2.24. The fourth-order valence-corrected chi connectivity index (χ4v) is 2.04. The summed E-state index contributed by atoms with van der Waals surface area (Å²) in [7, 11) is 3.24. The van der Waals surface area contributed by atoms with Crippen LogP contribution in [0.25, 0.3) is 0 Å². The van der Waals surface area contributed by atoms with Crippen LogP contribution in [0.15, 0.2) is 12.1 Å². The van der Waals surface area contributed by atoms with Crippen LogP contribution in [0.1, 0.15) is 11.1 Å². The van der Waals surface area contributed by atoms with Crippen LogP contribution in [0.2, 0.25) is 0 Å². The van der Waals surface area contributed by atoms with Crippen molar-refractivity contribution in [3.05, 3.63) is 29.1 Å². The van der Waals surface area contributed by atoms with E-state index in [1.54, 1.807) is 27.1 Å². The topological polar surface area (TPSA) is 44.4 Å². The Morgan fingerprint density at radius 2 is 2.18 bits per heavy atom. The minimum absolute atomic E-state index is 0.278. The lowest BCUT2D eigenvalue weighted by molar-refractivity contribution is 0.207. The van der Waals surface area contributed by atoms with Gasteiger partial charge in [-0.05, 0) is 30.2 Å². The standard InChI is InChI=1S/C11H15BrFN3O/c1-7-8(6-12)10(5-4-9(7)13)15-11(17)16(3)14-2/h4-5,14H,6H2,1-3H3,(H,15,17). The van der Waals surface area contributed by atoms with Gasteiger partial charge in [-0.25, -0.2) is 14.6 Å². The summed E-state index contributed by atoms with van der Waals surface area (Å²) < 4.78 is 13.4. The largest absolute Gasteiger partial charge is 0.335 e. The molecule has 4 nitrogen and oxygen atoms in total. The smallest absolute Gasteiger partial charge is 0.306 e. The number of carbonyl (C=O) groups excluding carboxylic acids is 1. The molecule has 0 atom stereocenters. The molecule has 0 saturated heterocycles. The highest BCUT2D eigenvalue weighted by molar-refractivity contribution is 9.08. The average molecular weight is 304 g/mol. The molecule has 0 bridgehead atoms. The Balaban J connectivity index is 2.99. The van der Waals surface area contributed by atoms with E-state index in [4.69, 9.17) is 0 Å². The summed E-state index contributed by atoms with van der Waals surface area (Å²) in [5.41, 5.74) is 4.56. The van der Waals surface area contributed by atoms with Crippen molar-refractivity contribution >= 4 is 27.6 Å². The number of carbonyl (C=O) groups is 1. The molecule has 17 heavy (non-hydrogen) atoms. The fourth-order valence-electron chi connectivity index (χ4n) is 1.32. The first kappa shape index (κ1) is 13.9. The number of hydrazine groups is 1. The van der Waals surface area contributed by atoms with Crippen LogP contribution in [0.3, 0.4) is 0 Å². The van der Waals surface area contributed by atoms with Crippen molar-refractivity contribution in [1.82, 2.24) is 10.4 Å². The van der Waals surface area contributed by atoms with Crippen LogP contribution in [-0.4, -0.2) is 25.1 Å². The monoisotopic (exact) mass is 303 g/mol. The van der Waals surface area contributed by atoms with Crippen LogP contribution in [-0.2, 0) is 5.33 Å². The van der Waals surface area contributed by atoms with Crippen molar-refractivity contribution in [2.24, 2.45) is 0 Å². The van der Waals surface area contributed by atoms with Crippen LogP contribution >= 0.6 is 15.9 Å². The average Bonchev–Trinajstić information content (AvgIpc) is 2.33. The molecule has 0 heterocycles. The summed E-state index contributed by atoms with van der Waals surface area (Å²) >= 11 is 3.29. The Bertz CT molecular complexity index is 425. The van der Waals surface area contributed by atoms with E-state index in [1.807, 2.05) is 0 Å². The molecule has 0 aliphatic heterocycles. The van der Waals surface area contributed by atoms with Gasteiger partial charge in [0, 0.05) is 25.1 Å². The molecule has 0 aromatic heterocycles. The van der Waals surface area contributed by atoms with Crippen LogP contribution in [0.4, 0.5) is 14.9 Å².